The van der Waals surface area contributed by atoms with Gasteiger partial charge in [0.15, 0.2) is 9.84 Å². The molecule has 1 saturated carbocycles. The van der Waals surface area contributed by atoms with Gasteiger partial charge in [-0.25, -0.2) is 22.2 Å². The molecule has 0 saturated heterocycles. The van der Waals surface area contributed by atoms with Gasteiger partial charge in [-0.05, 0) is 43.0 Å². The number of nitrogens with zero attached hydrogens (tertiary/aromatic N) is 2. The Morgan fingerprint density at radius 3 is 2.63 bits per heavy atom. The van der Waals surface area contributed by atoms with Gasteiger partial charge in [-0.15, -0.1) is 0 Å². The largest absolute Gasteiger partial charge is 0.437 e. The quantitative estimate of drug-likeness (QED) is 0.679. The summed E-state index contributed by atoms with van der Waals surface area (Å²) in [5.74, 6) is -3.95. The van der Waals surface area contributed by atoms with Crippen LogP contribution in [0.25, 0.3) is 0 Å². The molecule has 1 N–H and O–H groups in total. The number of alkyl halides is 2. The van der Waals surface area contributed by atoms with Crippen molar-refractivity contribution in [1.82, 2.24) is 15.3 Å². The normalized spacial score (nSPS) is 15.7. The van der Waals surface area contributed by atoms with Crippen molar-refractivity contribution < 1.29 is 26.7 Å². The second kappa shape index (κ2) is 8.47. The standard InChI is InChI=1S/C20H21F2N3O4S/c1-20(21,22)15-7-8-17(25-19(15)29-14-4-3-10-23-12-14)18(26)24-16(13-5-6-13)9-11-30(2,27)28/h3-4,7-13,16H,5-6H2,1-2H3,(H,24,26)/b11-9+/t16-/m1/s1. The molecule has 1 aliphatic rings. The summed E-state index contributed by atoms with van der Waals surface area (Å²) in [7, 11) is -3.35. The maximum atomic E-state index is 14.0. The molecule has 10 heteroatoms. The molecule has 1 aliphatic carbocycles. The van der Waals surface area contributed by atoms with E-state index in [4.69, 9.17) is 4.74 Å². The summed E-state index contributed by atoms with van der Waals surface area (Å²) in [6.07, 6.45) is 7.02. The van der Waals surface area contributed by atoms with Gasteiger partial charge in [-0.1, -0.05) is 6.08 Å². The van der Waals surface area contributed by atoms with Crippen LogP contribution in [-0.2, 0) is 15.8 Å². The average Bonchev–Trinajstić information content (AvgIpc) is 3.49. The average molecular weight is 437 g/mol. The van der Waals surface area contributed by atoms with Gasteiger partial charge in [0.2, 0.25) is 5.88 Å². The molecule has 2 aromatic rings. The van der Waals surface area contributed by atoms with E-state index in [0.29, 0.717) is 6.92 Å². The zero-order valence-electron chi connectivity index (χ0n) is 16.4. The molecule has 0 spiro atoms. The van der Waals surface area contributed by atoms with Gasteiger partial charge < -0.3 is 10.1 Å². The predicted molar refractivity (Wildman–Crippen MR) is 106 cm³/mol. The number of nitrogens with one attached hydrogen (secondary N) is 1. The molecular formula is C20H21F2N3O4S. The Morgan fingerprint density at radius 2 is 2.07 bits per heavy atom. The summed E-state index contributed by atoms with van der Waals surface area (Å²) in [5.41, 5.74) is -0.598. The minimum absolute atomic E-state index is 0.123. The van der Waals surface area contributed by atoms with Crippen LogP contribution in [0.3, 0.4) is 0 Å². The van der Waals surface area contributed by atoms with E-state index in [-0.39, 0.29) is 17.4 Å². The predicted octanol–water partition coefficient (Wildman–Crippen LogP) is 3.45. The Morgan fingerprint density at radius 1 is 1.33 bits per heavy atom. The Labute approximate surface area is 173 Å². The number of hydrogen-bond donors (Lipinski definition) is 1. The smallest absolute Gasteiger partial charge is 0.275 e. The second-order valence-electron chi connectivity index (χ2n) is 7.22. The van der Waals surface area contributed by atoms with Crippen molar-refractivity contribution in [3.63, 3.8) is 0 Å². The molecule has 3 rings (SSSR count). The van der Waals surface area contributed by atoms with E-state index in [1.165, 1.54) is 30.6 Å². The summed E-state index contributed by atoms with van der Waals surface area (Å²) in [6.45, 7) is 0.707. The molecule has 0 bridgehead atoms. The molecule has 0 aliphatic heterocycles. The molecule has 7 nitrogen and oxygen atoms in total. The van der Waals surface area contributed by atoms with Crippen LogP contribution in [0.15, 0.2) is 48.1 Å². The van der Waals surface area contributed by atoms with E-state index in [0.717, 1.165) is 30.6 Å². The number of pyridine rings is 2. The second-order valence-corrected chi connectivity index (χ2v) is 9.15. The monoisotopic (exact) mass is 437 g/mol. The van der Waals surface area contributed by atoms with Crippen LogP contribution in [-0.4, -0.2) is 36.6 Å². The molecule has 30 heavy (non-hydrogen) atoms. The van der Waals surface area contributed by atoms with Gasteiger partial charge in [0.05, 0.1) is 17.8 Å². The topological polar surface area (TPSA) is 98.2 Å². The van der Waals surface area contributed by atoms with Crippen molar-refractivity contribution in [3.8, 4) is 11.6 Å². The van der Waals surface area contributed by atoms with Crippen molar-refractivity contribution in [2.75, 3.05) is 6.26 Å². The van der Waals surface area contributed by atoms with Gasteiger partial charge in [0.25, 0.3) is 11.8 Å². The first-order chi connectivity index (χ1) is 14.0. The first-order valence-electron chi connectivity index (χ1n) is 9.19. The minimum Gasteiger partial charge on any atom is -0.437 e. The van der Waals surface area contributed by atoms with Crippen LogP contribution in [0, 0.1) is 5.92 Å². The van der Waals surface area contributed by atoms with E-state index >= 15 is 0 Å². The molecular weight excluding hydrogens is 416 g/mol. The van der Waals surface area contributed by atoms with E-state index < -0.39 is 39.2 Å². The van der Waals surface area contributed by atoms with Crippen LogP contribution >= 0.6 is 0 Å². The lowest BCUT2D eigenvalue weighted by molar-refractivity contribution is 0.0149. The molecule has 0 aromatic carbocycles. The van der Waals surface area contributed by atoms with Crippen molar-refractivity contribution >= 4 is 15.7 Å². The first-order valence-corrected chi connectivity index (χ1v) is 11.1. The third-order valence-corrected chi connectivity index (χ3v) is 5.03. The number of amides is 1. The molecule has 160 valence electrons. The highest BCUT2D eigenvalue weighted by molar-refractivity contribution is 7.93. The SMILES string of the molecule is CC(F)(F)c1ccc(C(=O)N[C@H](/C=C/S(C)(=O)=O)C2CC2)nc1Oc1cccnc1. The molecule has 2 aromatic heterocycles. The zero-order valence-corrected chi connectivity index (χ0v) is 17.2. The minimum atomic E-state index is -3.35. The van der Waals surface area contributed by atoms with Crippen molar-refractivity contribution in [3.05, 3.63) is 59.4 Å². The molecule has 1 fully saturated rings. The molecule has 0 unspecified atom stereocenters. The van der Waals surface area contributed by atoms with Gasteiger partial charge in [0, 0.05) is 24.8 Å². The number of rotatable bonds is 8. The number of sulfone groups is 1. The fourth-order valence-corrected chi connectivity index (χ4v) is 3.18. The number of aromatic nitrogens is 2. The van der Waals surface area contributed by atoms with Crippen molar-refractivity contribution in [1.29, 1.82) is 0 Å². The van der Waals surface area contributed by atoms with Crippen LogP contribution < -0.4 is 10.1 Å². The van der Waals surface area contributed by atoms with E-state index in [1.54, 1.807) is 6.07 Å². The Balaban J connectivity index is 1.86. The maximum Gasteiger partial charge on any atom is 0.275 e. The summed E-state index contributed by atoms with van der Waals surface area (Å²) in [4.78, 5) is 20.5. The third kappa shape index (κ3) is 6.06. The zero-order chi connectivity index (χ0) is 21.9. The Bertz CT molecular complexity index is 1050. The lowest BCUT2D eigenvalue weighted by atomic mass is 10.1. The highest BCUT2D eigenvalue weighted by atomic mass is 32.2. The fourth-order valence-electron chi connectivity index (χ4n) is 2.73. The third-order valence-electron chi connectivity index (χ3n) is 4.38. The van der Waals surface area contributed by atoms with E-state index in [1.807, 2.05) is 0 Å². The summed E-state index contributed by atoms with van der Waals surface area (Å²) in [5, 5.41) is 3.75. The Hall–Kier alpha value is -2.88. The molecule has 1 amide bonds. The first kappa shape index (κ1) is 21.8. The van der Waals surface area contributed by atoms with Crippen LogP contribution in [0.4, 0.5) is 8.78 Å². The summed E-state index contributed by atoms with van der Waals surface area (Å²) in [6, 6.07) is 4.88. The number of carbonyl (C=O) groups excluding carboxylic acids is 1. The molecule has 2 heterocycles. The van der Waals surface area contributed by atoms with Gasteiger partial charge in [0.1, 0.15) is 11.4 Å². The highest BCUT2D eigenvalue weighted by Gasteiger charge is 2.33. The lowest BCUT2D eigenvalue weighted by Gasteiger charge is -2.17. The Kier molecular flexibility index (Phi) is 6.16. The van der Waals surface area contributed by atoms with Gasteiger partial charge in [-0.3, -0.25) is 9.78 Å². The van der Waals surface area contributed by atoms with Gasteiger partial charge in [-0.2, -0.15) is 0 Å². The molecule has 0 radical (unpaired) electrons. The number of halogens is 2. The van der Waals surface area contributed by atoms with Crippen LogP contribution in [0.1, 0.15) is 35.8 Å². The van der Waals surface area contributed by atoms with E-state index in [9.17, 15) is 22.0 Å². The van der Waals surface area contributed by atoms with Crippen molar-refractivity contribution in [2.45, 2.75) is 31.7 Å². The fraction of sp³-hybridized carbons (Fsp3) is 0.350. The number of hydrogen-bond acceptors (Lipinski definition) is 6. The number of ether oxygens (including phenoxy) is 1. The number of carbonyl (C=O) groups is 1. The molecule has 1 atom stereocenters. The lowest BCUT2D eigenvalue weighted by Crippen LogP contribution is -2.35. The van der Waals surface area contributed by atoms with Crippen molar-refractivity contribution in [2.24, 2.45) is 5.92 Å². The van der Waals surface area contributed by atoms with Crippen LogP contribution in [0.5, 0.6) is 11.6 Å². The van der Waals surface area contributed by atoms with Crippen LogP contribution in [0.2, 0.25) is 0 Å². The highest BCUT2D eigenvalue weighted by Crippen LogP contribution is 2.36. The maximum absolute atomic E-state index is 14.0. The van der Waals surface area contributed by atoms with E-state index in [2.05, 4.69) is 15.3 Å². The van der Waals surface area contributed by atoms with Gasteiger partial charge >= 0.3 is 0 Å². The summed E-state index contributed by atoms with van der Waals surface area (Å²) < 4.78 is 56.2. The summed E-state index contributed by atoms with van der Waals surface area (Å²) >= 11 is 0.